The molecule has 0 atom stereocenters. The Hall–Kier alpha value is -2.56. The second kappa shape index (κ2) is 4.61. The van der Waals surface area contributed by atoms with Crippen LogP contribution in [0.15, 0.2) is 36.5 Å². The van der Waals surface area contributed by atoms with Crippen LogP contribution in [0, 0.1) is 0 Å². The van der Waals surface area contributed by atoms with E-state index in [0.717, 1.165) is 0 Å². The minimum atomic E-state index is -0.0744. The fourth-order valence-corrected chi connectivity index (χ4v) is 1.73. The number of ether oxygens (including phenoxy) is 3. The number of pyridine rings is 1. The lowest BCUT2D eigenvalue weighted by atomic mass is 10.2. The summed E-state index contributed by atoms with van der Waals surface area (Å²) in [6.07, 6.45) is 1.52. The van der Waals surface area contributed by atoms with Gasteiger partial charge in [0.15, 0.2) is 17.3 Å². The summed E-state index contributed by atoms with van der Waals surface area (Å²) in [5.74, 6) is 2.48. The van der Waals surface area contributed by atoms with Crippen molar-refractivity contribution in [2.75, 3.05) is 6.79 Å². The van der Waals surface area contributed by atoms with Crippen LogP contribution in [0.5, 0.6) is 23.0 Å². The fourth-order valence-electron chi connectivity index (χ4n) is 1.73. The molecule has 0 N–H and O–H groups in total. The van der Waals surface area contributed by atoms with Gasteiger partial charge in [-0.15, -0.1) is 0 Å². The summed E-state index contributed by atoms with van der Waals surface area (Å²) in [6.45, 7) is 1.70. The van der Waals surface area contributed by atoms with Crippen LogP contribution < -0.4 is 14.2 Å². The van der Waals surface area contributed by atoms with Crippen molar-refractivity contribution in [1.29, 1.82) is 0 Å². The van der Waals surface area contributed by atoms with E-state index in [2.05, 4.69) is 4.98 Å². The molecule has 0 bridgehead atoms. The number of nitrogens with zero attached hydrogens (tertiary/aromatic N) is 1. The lowest BCUT2D eigenvalue weighted by Gasteiger charge is -2.06. The predicted octanol–water partition coefficient (Wildman–Crippen LogP) is 2.81. The molecule has 0 radical (unpaired) electrons. The molecule has 0 fully saturated rings. The number of rotatable bonds is 3. The van der Waals surface area contributed by atoms with Crippen molar-refractivity contribution in [1.82, 2.24) is 4.98 Å². The minimum absolute atomic E-state index is 0.0744. The molecule has 3 rings (SSSR count). The molecule has 5 heteroatoms. The first-order valence-corrected chi connectivity index (χ1v) is 5.77. The number of hydrogen-bond acceptors (Lipinski definition) is 5. The Balaban J connectivity index is 1.79. The highest BCUT2D eigenvalue weighted by Crippen LogP contribution is 2.36. The molecule has 0 saturated carbocycles. The Morgan fingerprint density at radius 3 is 2.68 bits per heavy atom. The van der Waals surface area contributed by atoms with E-state index < -0.39 is 0 Å². The van der Waals surface area contributed by atoms with Gasteiger partial charge in [0, 0.05) is 13.0 Å². The standard InChI is InChI=1S/C14H11NO4/c1-9(16)12-4-2-11(7-15-12)19-10-3-5-13-14(6-10)18-8-17-13/h2-7H,8H2,1H3. The molecule has 1 aromatic carbocycles. The van der Waals surface area contributed by atoms with Gasteiger partial charge in [-0.25, -0.2) is 4.98 Å². The lowest BCUT2D eigenvalue weighted by molar-refractivity contribution is 0.101. The van der Waals surface area contributed by atoms with Gasteiger partial charge in [0.25, 0.3) is 0 Å². The number of hydrogen-bond donors (Lipinski definition) is 0. The minimum Gasteiger partial charge on any atom is -0.456 e. The van der Waals surface area contributed by atoms with E-state index in [-0.39, 0.29) is 12.6 Å². The van der Waals surface area contributed by atoms with Crippen LogP contribution >= 0.6 is 0 Å². The van der Waals surface area contributed by atoms with Crippen molar-refractivity contribution in [3.8, 4) is 23.0 Å². The zero-order valence-electron chi connectivity index (χ0n) is 10.3. The van der Waals surface area contributed by atoms with Crippen LogP contribution in [0.2, 0.25) is 0 Å². The van der Waals surface area contributed by atoms with Crippen molar-refractivity contribution >= 4 is 5.78 Å². The summed E-state index contributed by atoms with van der Waals surface area (Å²) in [7, 11) is 0. The summed E-state index contributed by atoms with van der Waals surface area (Å²) < 4.78 is 16.1. The quantitative estimate of drug-likeness (QED) is 0.791. The van der Waals surface area contributed by atoms with E-state index in [9.17, 15) is 4.79 Å². The summed E-state index contributed by atoms with van der Waals surface area (Å²) in [4.78, 5) is 15.1. The van der Waals surface area contributed by atoms with Crippen molar-refractivity contribution in [2.45, 2.75) is 6.92 Å². The Morgan fingerprint density at radius 1 is 1.16 bits per heavy atom. The molecule has 19 heavy (non-hydrogen) atoms. The van der Waals surface area contributed by atoms with Crippen molar-refractivity contribution in [2.24, 2.45) is 0 Å². The van der Waals surface area contributed by atoms with E-state index >= 15 is 0 Å². The van der Waals surface area contributed by atoms with Crippen LogP contribution in [0.3, 0.4) is 0 Å². The molecule has 5 nitrogen and oxygen atoms in total. The van der Waals surface area contributed by atoms with E-state index in [0.29, 0.717) is 28.7 Å². The first kappa shape index (κ1) is 11.5. The van der Waals surface area contributed by atoms with Gasteiger partial charge in [-0.1, -0.05) is 0 Å². The van der Waals surface area contributed by atoms with Crippen LogP contribution in [0.25, 0.3) is 0 Å². The summed E-state index contributed by atoms with van der Waals surface area (Å²) >= 11 is 0. The normalized spacial score (nSPS) is 12.3. The number of benzene rings is 1. The maximum atomic E-state index is 11.1. The van der Waals surface area contributed by atoms with Gasteiger partial charge < -0.3 is 14.2 Å². The fraction of sp³-hybridized carbons (Fsp3) is 0.143. The molecule has 2 aromatic rings. The molecule has 0 amide bonds. The van der Waals surface area contributed by atoms with Gasteiger partial charge in [0.1, 0.15) is 17.2 Å². The van der Waals surface area contributed by atoms with Gasteiger partial charge in [-0.2, -0.15) is 0 Å². The molecule has 96 valence electrons. The van der Waals surface area contributed by atoms with Crippen molar-refractivity contribution < 1.29 is 19.0 Å². The zero-order chi connectivity index (χ0) is 13.2. The number of fused-ring (bicyclic) bond motifs is 1. The smallest absolute Gasteiger partial charge is 0.231 e. The maximum absolute atomic E-state index is 11.1. The molecule has 1 aromatic heterocycles. The second-order valence-electron chi connectivity index (χ2n) is 4.05. The Morgan fingerprint density at radius 2 is 1.95 bits per heavy atom. The van der Waals surface area contributed by atoms with Crippen LogP contribution in [0.1, 0.15) is 17.4 Å². The van der Waals surface area contributed by atoms with Gasteiger partial charge in [-0.05, 0) is 24.3 Å². The van der Waals surface area contributed by atoms with Gasteiger partial charge in [0.05, 0.1) is 6.20 Å². The summed E-state index contributed by atoms with van der Waals surface area (Å²) in [5.41, 5.74) is 0.415. The SMILES string of the molecule is CC(=O)c1ccc(Oc2ccc3c(c2)OCO3)cn1. The first-order valence-electron chi connectivity index (χ1n) is 5.77. The van der Waals surface area contributed by atoms with Crippen LogP contribution in [-0.4, -0.2) is 17.6 Å². The molecule has 0 aliphatic carbocycles. The Kier molecular flexibility index (Phi) is 2.79. The number of Topliss-reactive ketones (excluding diaryl/α,β-unsaturated/α-hetero) is 1. The summed E-state index contributed by atoms with van der Waals surface area (Å²) in [6, 6.07) is 8.65. The third-order valence-corrected chi connectivity index (χ3v) is 2.68. The highest BCUT2D eigenvalue weighted by atomic mass is 16.7. The van der Waals surface area contributed by atoms with Crippen molar-refractivity contribution in [3.05, 3.63) is 42.2 Å². The highest BCUT2D eigenvalue weighted by Gasteiger charge is 2.14. The monoisotopic (exact) mass is 257 g/mol. The molecule has 2 heterocycles. The third-order valence-electron chi connectivity index (χ3n) is 2.68. The second-order valence-corrected chi connectivity index (χ2v) is 4.05. The zero-order valence-corrected chi connectivity index (χ0v) is 10.3. The first-order chi connectivity index (χ1) is 9.22. The van der Waals surface area contributed by atoms with E-state index in [4.69, 9.17) is 14.2 Å². The van der Waals surface area contributed by atoms with E-state index in [1.807, 2.05) is 0 Å². The van der Waals surface area contributed by atoms with Gasteiger partial charge in [-0.3, -0.25) is 4.79 Å². The lowest BCUT2D eigenvalue weighted by Crippen LogP contribution is -1.96. The maximum Gasteiger partial charge on any atom is 0.231 e. The Bertz CT molecular complexity index is 622. The van der Waals surface area contributed by atoms with Crippen molar-refractivity contribution in [3.63, 3.8) is 0 Å². The largest absolute Gasteiger partial charge is 0.456 e. The van der Waals surface area contributed by atoms with Crippen LogP contribution in [-0.2, 0) is 0 Å². The Labute approximate surface area is 109 Å². The number of carbonyl (C=O) groups is 1. The topological polar surface area (TPSA) is 57.7 Å². The number of ketones is 1. The molecular weight excluding hydrogens is 246 g/mol. The highest BCUT2D eigenvalue weighted by molar-refractivity contribution is 5.92. The third kappa shape index (κ3) is 2.35. The molecule has 0 spiro atoms. The molecule has 1 aliphatic rings. The van der Waals surface area contributed by atoms with E-state index in [1.165, 1.54) is 13.1 Å². The van der Waals surface area contributed by atoms with Gasteiger partial charge in [0.2, 0.25) is 6.79 Å². The number of aromatic nitrogens is 1. The number of carbonyl (C=O) groups excluding carboxylic acids is 1. The average molecular weight is 257 g/mol. The average Bonchev–Trinajstić information content (AvgIpc) is 2.87. The molecule has 0 unspecified atom stereocenters. The van der Waals surface area contributed by atoms with Gasteiger partial charge >= 0.3 is 0 Å². The van der Waals surface area contributed by atoms with Crippen LogP contribution in [0.4, 0.5) is 0 Å². The molecular formula is C14H11NO4. The molecule has 0 saturated heterocycles. The summed E-state index contributed by atoms with van der Waals surface area (Å²) in [5, 5.41) is 0. The van der Waals surface area contributed by atoms with E-state index in [1.54, 1.807) is 30.3 Å². The molecule has 1 aliphatic heterocycles. The predicted molar refractivity (Wildman–Crippen MR) is 66.9 cm³/mol.